The van der Waals surface area contributed by atoms with Gasteiger partial charge in [0.2, 0.25) is 0 Å². The summed E-state index contributed by atoms with van der Waals surface area (Å²) in [6.45, 7) is 0.575. The van der Waals surface area contributed by atoms with E-state index in [0.717, 1.165) is 0 Å². The molecule has 2 rings (SSSR count). The van der Waals surface area contributed by atoms with Crippen LogP contribution in [0, 0.1) is 5.92 Å². The highest BCUT2D eigenvalue weighted by Gasteiger charge is 2.35. The van der Waals surface area contributed by atoms with Crippen molar-refractivity contribution in [3.63, 3.8) is 0 Å². The van der Waals surface area contributed by atoms with Gasteiger partial charge < -0.3 is 14.3 Å². The Morgan fingerprint density at radius 1 is 1.17 bits per heavy atom. The molecule has 1 saturated heterocycles. The van der Waals surface area contributed by atoms with Crippen LogP contribution >= 0.6 is 0 Å². The Balaban J connectivity index is 1.83. The zero-order valence-electron chi connectivity index (χ0n) is 7.24. The molecule has 1 heterocycles. The lowest BCUT2D eigenvalue weighted by molar-refractivity contribution is 0.118. The van der Waals surface area contributed by atoms with Crippen molar-refractivity contribution in [3.8, 4) is 0 Å². The predicted molar refractivity (Wildman–Crippen MR) is 45.4 cm³/mol. The highest BCUT2D eigenvalue weighted by molar-refractivity contribution is 6.35. The van der Waals surface area contributed by atoms with E-state index in [9.17, 15) is 0 Å². The van der Waals surface area contributed by atoms with Gasteiger partial charge in [0.1, 0.15) is 0 Å². The highest BCUT2D eigenvalue weighted by Crippen LogP contribution is 2.30. The number of rotatable bonds is 1. The first-order valence-electron chi connectivity index (χ1n) is 4.81. The largest absolute Gasteiger partial charge is 0.637 e. The molecular formula is C8H15BO3. The summed E-state index contributed by atoms with van der Waals surface area (Å²) in [7, 11) is -0.961. The van der Waals surface area contributed by atoms with Crippen molar-refractivity contribution in [1.82, 2.24) is 0 Å². The van der Waals surface area contributed by atoms with Gasteiger partial charge in [-0.3, -0.25) is 0 Å². The Labute approximate surface area is 73.2 Å². The van der Waals surface area contributed by atoms with Gasteiger partial charge in [0, 0.05) is 0 Å². The Hall–Kier alpha value is -0.0551. The molecule has 4 heteroatoms. The van der Waals surface area contributed by atoms with Crippen LogP contribution in [-0.4, -0.2) is 25.1 Å². The lowest BCUT2D eigenvalue weighted by Gasteiger charge is -2.25. The topological polar surface area (TPSA) is 38.7 Å². The molecule has 12 heavy (non-hydrogen) atoms. The second kappa shape index (κ2) is 3.77. The first-order valence-corrected chi connectivity index (χ1v) is 4.81. The first kappa shape index (κ1) is 8.54. The van der Waals surface area contributed by atoms with E-state index in [1.165, 1.54) is 32.1 Å². The minimum Gasteiger partial charge on any atom is -0.402 e. The molecule has 2 fully saturated rings. The molecule has 0 bridgehead atoms. The van der Waals surface area contributed by atoms with Crippen LogP contribution in [0.25, 0.3) is 0 Å². The molecule has 1 atom stereocenters. The van der Waals surface area contributed by atoms with E-state index < -0.39 is 7.32 Å². The third kappa shape index (κ3) is 1.81. The SMILES string of the molecule is OB1OCC(C2CCCCC2)O1. The van der Waals surface area contributed by atoms with Gasteiger partial charge in [-0.25, -0.2) is 0 Å². The van der Waals surface area contributed by atoms with Crippen molar-refractivity contribution in [1.29, 1.82) is 0 Å². The lowest BCUT2D eigenvalue weighted by atomic mass is 9.85. The summed E-state index contributed by atoms with van der Waals surface area (Å²) in [6, 6.07) is 0. The average Bonchev–Trinajstić information content (AvgIpc) is 2.54. The van der Waals surface area contributed by atoms with Crippen molar-refractivity contribution in [2.45, 2.75) is 38.2 Å². The summed E-state index contributed by atoms with van der Waals surface area (Å²) in [5.74, 6) is 0.621. The van der Waals surface area contributed by atoms with Crippen LogP contribution in [0.4, 0.5) is 0 Å². The summed E-state index contributed by atoms with van der Waals surface area (Å²) in [6.07, 6.45) is 6.59. The fourth-order valence-electron chi connectivity index (χ4n) is 2.16. The zero-order valence-corrected chi connectivity index (χ0v) is 7.24. The first-order chi connectivity index (χ1) is 5.86. The van der Waals surface area contributed by atoms with Crippen LogP contribution in [0.5, 0.6) is 0 Å². The Kier molecular flexibility index (Phi) is 2.68. The lowest BCUT2D eigenvalue weighted by Crippen LogP contribution is -2.26. The Morgan fingerprint density at radius 3 is 2.50 bits per heavy atom. The van der Waals surface area contributed by atoms with Crippen molar-refractivity contribution in [2.24, 2.45) is 5.92 Å². The van der Waals surface area contributed by atoms with Gasteiger partial charge in [0.05, 0.1) is 12.7 Å². The summed E-state index contributed by atoms with van der Waals surface area (Å²) < 4.78 is 10.2. The third-order valence-corrected chi connectivity index (χ3v) is 2.87. The Bertz CT molecular complexity index is 144. The molecular weight excluding hydrogens is 155 g/mol. The van der Waals surface area contributed by atoms with E-state index in [2.05, 4.69) is 0 Å². The van der Waals surface area contributed by atoms with Crippen LogP contribution in [0.3, 0.4) is 0 Å². The molecule has 2 aliphatic rings. The van der Waals surface area contributed by atoms with Gasteiger partial charge in [-0.1, -0.05) is 19.3 Å². The Morgan fingerprint density at radius 2 is 1.92 bits per heavy atom. The predicted octanol–water partition coefficient (Wildman–Crippen LogP) is 0.959. The molecule has 1 unspecified atom stereocenters. The minimum atomic E-state index is -0.961. The van der Waals surface area contributed by atoms with Gasteiger partial charge in [-0.15, -0.1) is 0 Å². The normalized spacial score (nSPS) is 32.8. The summed E-state index contributed by atoms with van der Waals surface area (Å²) in [4.78, 5) is 0. The minimum absolute atomic E-state index is 0.153. The van der Waals surface area contributed by atoms with Gasteiger partial charge in [0.25, 0.3) is 0 Å². The molecule has 1 N–H and O–H groups in total. The van der Waals surface area contributed by atoms with E-state index in [0.29, 0.717) is 12.5 Å². The van der Waals surface area contributed by atoms with Gasteiger partial charge in [-0.2, -0.15) is 0 Å². The van der Waals surface area contributed by atoms with Crippen molar-refractivity contribution in [3.05, 3.63) is 0 Å². The average molecular weight is 170 g/mol. The van der Waals surface area contributed by atoms with Gasteiger partial charge in [-0.05, 0) is 18.8 Å². The van der Waals surface area contributed by atoms with E-state index in [1.807, 2.05) is 0 Å². The van der Waals surface area contributed by atoms with Crippen LogP contribution in [0.1, 0.15) is 32.1 Å². The zero-order chi connectivity index (χ0) is 8.39. The third-order valence-electron chi connectivity index (χ3n) is 2.87. The number of hydrogen-bond acceptors (Lipinski definition) is 3. The molecule has 68 valence electrons. The van der Waals surface area contributed by atoms with Gasteiger partial charge in [0.15, 0.2) is 0 Å². The van der Waals surface area contributed by atoms with E-state index in [-0.39, 0.29) is 6.10 Å². The van der Waals surface area contributed by atoms with E-state index in [1.54, 1.807) is 0 Å². The van der Waals surface area contributed by atoms with Crippen molar-refractivity contribution >= 4 is 7.32 Å². The fraction of sp³-hybridized carbons (Fsp3) is 1.00. The van der Waals surface area contributed by atoms with Crippen molar-refractivity contribution < 1.29 is 14.3 Å². The smallest absolute Gasteiger partial charge is 0.402 e. The van der Waals surface area contributed by atoms with E-state index in [4.69, 9.17) is 14.3 Å². The molecule has 0 aromatic carbocycles. The van der Waals surface area contributed by atoms with Crippen LogP contribution in [0.15, 0.2) is 0 Å². The second-order valence-corrected chi connectivity index (χ2v) is 3.71. The maximum absolute atomic E-state index is 8.99. The monoisotopic (exact) mass is 170 g/mol. The molecule has 1 aliphatic carbocycles. The second-order valence-electron chi connectivity index (χ2n) is 3.71. The van der Waals surface area contributed by atoms with Crippen LogP contribution < -0.4 is 0 Å². The number of hydrogen-bond donors (Lipinski definition) is 1. The molecule has 0 radical (unpaired) electrons. The molecule has 0 aromatic rings. The molecule has 0 amide bonds. The van der Waals surface area contributed by atoms with Crippen LogP contribution in [0.2, 0.25) is 0 Å². The van der Waals surface area contributed by atoms with Crippen LogP contribution in [-0.2, 0) is 9.31 Å². The fourth-order valence-corrected chi connectivity index (χ4v) is 2.16. The molecule has 0 spiro atoms. The van der Waals surface area contributed by atoms with E-state index >= 15 is 0 Å². The highest BCUT2D eigenvalue weighted by atomic mass is 16.7. The standard InChI is InChI=1S/C8H15BO3/c10-9-11-6-8(12-9)7-4-2-1-3-5-7/h7-8,10H,1-6H2. The quantitative estimate of drug-likeness (QED) is 0.595. The maximum atomic E-state index is 8.99. The van der Waals surface area contributed by atoms with Crippen molar-refractivity contribution in [2.75, 3.05) is 6.61 Å². The summed E-state index contributed by atoms with van der Waals surface area (Å²) >= 11 is 0. The molecule has 0 aromatic heterocycles. The maximum Gasteiger partial charge on any atom is 0.637 e. The molecule has 1 aliphatic heterocycles. The molecule has 3 nitrogen and oxygen atoms in total. The summed E-state index contributed by atoms with van der Waals surface area (Å²) in [5.41, 5.74) is 0. The van der Waals surface area contributed by atoms with Gasteiger partial charge >= 0.3 is 7.32 Å². The molecule has 1 saturated carbocycles. The summed E-state index contributed by atoms with van der Waals surface area (Å²) in [5, 5.41) is 8.99.